The Morgan fingerprint density at radius 3 is 2.44 bits per heavy atom. The number of fused-ring (bicyclic) bond motifs is 1. The van der Waals surface area contributed by atoms with Crippen molar-refractivity contribution < 1.29 is 9.18 Å². The monoisotopic (exact) mass is 340 g/mol. The molecule has 1 fully saturated rings. The van der Waals surface area contributed by atoms with E-state index in [1.165, 1.54) is 12.1 Å². The zero-order valence-electron chi connectivity index (χ0n) is 14.3. The molecule has 0 amide bonds. The third kappa shape index (κ3) is 3.21. The summed E-state index contributed by atoms with van der Waals surface area (Å²) in [6.45, 7) is 5.37. The number of hydrogen-bond donors (Lipinski definition) is 0. The molecule has 1 atom stereocenters. The Hall–Kier alpha value is -2.50. The van der Waals surface area contributed by atoms with E-state index >= 15 is 0 Å². The van der Waals surface area contributed by atoms with Crippen LogP contribution >= 0.6 is 0 Å². The summed E-state index contributed by atoms with van der Waals surface area (Å²) in [4.78, 5) is 25.6. The number of piperazine rings is 1. The number of carbonyl (C=O) groups excluding carboxylic acids is 1. The molecule has 0 saturated carbocycles. The number of aromatic nitrogens is 2. The summed E-state index contributed by atoms with van der Waals surface area (Å²) in [6.07, 6.45) is 3.12. The highest BCUT2D eigenvalue weighted by atomic mass is 19.1. The van der Waals surface area contributed by atoms with Gasteiger partial charge in [-0.25, -0.2) is 14.4 Å². The Bertz CT molecular complexity index is 785. The molecule has 0 bridgehead atoms. The lowest BCUT2D eigenvalue weighted by atomic mass is 9.88. The minimum atomic E-state index is -0.214. The third-order valence-corrected chi connectivity index (χ3v) is 4.99. The van der Waals surface area contributed by atoms with Crippen LogP contribution in [0.25, 0.3) is 0 Å². The van der Waals surface area contributed by atoms with Crippen molar-refractivity contribution in [1.29, 1.82) is 0 Å². The van der Waals surface area contributed by atoms with Crippen LogP contribution in [0.1, 0.15) is 29.4 Å². The Kier molecular flexibility index (Phi) is 4.11. The van der Waals surface area contributed by atoms with E-state index in [4.69, 9.17) is 0 Å². The molecule has 1 aromatic carbocycles. The van der Waals surface area contributed by atoms with Gasteiger partial charge in [0, 0.05) is 44.5 Å². The van der Waals surface area contributed by atoms with Gasteiger partial charge in [0.2, 0.25) is 5.95 Å². The van der Waals surface area contributed by atoms with E-state index in [0.29, 0.717) is 23.9 Å². The molecule has 6 heteroatoms. The van der Waals surface area contributed by atoms with Crippen molar-refractivity contribution in [1.82, 2.24) is 9.97 Å². The van der Waals surface area contributed by atoms with Gasteiger partial charge in [0.25, 0.3) is 0 Å². The van der Waals surface area contributed by atoms with E-state index < -0.39 is 0 Å². The van der Waals surface area contributed by atoms with Gasteiger partial charge in [-0.1, -0.05) is 6.92 Å². The predicted molar refractivity (Wildman–Crippen MR) is 94.7 cm³/mol. The van der Waals surface area contributed by atoms with Gasteiger partial charge < -0.3 is 9.80 Å². The summed E-state index contributed by atoms with van der Waals surface area (Å²) in [5, 5.41) is 0. The normalized spacial score (nSPS) is 20.6. The second-order valence-corrected chi connectivity index (χ2v) is 6.92. The Morgan fingerprint density at radius 1 is 1.04 bits per heavy atom. The number of Topliss-reactive ketones (excluding diaryl/α,β-unsaturated/α-hetero) is 1. The van der Waals surface area contributed by atoms with Gasteiger partial charge in [-0.2, -0.15) is 0 Å². The van der Waals surface area contributed by atoms with Crippen LogP contribution in [-0.4, -0.2) is 41.9 Å². The molecule has 1 saturated heterocycles. The molecule has 5 nitrogen and oxygen atoms in total. The average molecular weight is 340 g/mol. The molecule has 130 valence electrons. The zero-order chi connectivity index (χ0) is 17.4. The summed E-state index contributed by atoms with van der Waals surface area (Å²) in [5.41, 5.74) is 2.60. The van der Waals surface area contributed by atoms with E-state index in [1.54, 1.807) is 6.20 Å². The second kappa shape index (κ2) is 6.43. The van der Waals surface area contributed by atoms with Crippen molar-refractivity contribution in [3.63, 3.8) is 0 Å². The highest BCUT2D eigenvalue weighted by Crippen LogP contribution is 2.25. The number of halogens is 1. The lowest BCUT2D eigenvalue weighted by molar-refractivity contribution is 0.0951. The van der Waals surface area contributed by atoms with Crippen LogP contribution in [0.4, 0.5) is 16.0 Å². The highest BCUT2D eigenvalue weighted by molar-refractivity contribution is 5.98. The summed E-state index contributed by atoms with van der Waals surface area (Å²) in [6, 6.07) is 6.61. The van der Waals surface area contributed by atoms with Gasteiger partial charge >= 0.3 is 0 Å². The average Bonchev–Trinajstić information content (AvgIpc) is 2.62. The van der Waals surface area contributed by atoms with Crippen LogP contribution in [-0.2, 0) is 6.42 Å². The SMILES string of the molecule is CC1CC(=O)c2cnc(N3CCN(c4ccc(F)cc4)CC3)nc2C1. The fraction of sp³-hybridized carbons (Fsp3) is 0.421. The number of anilines is 2. The molecule has 0 N–H and O–H groups in total. The topological polar surface area (TPSA) is 49.3 Å². The van der Waals surface area contributed by atoms with Crippen LogP contribution in [0.15, 0.2) is 30.5 Å². The fourth-order valence-electron chi connectivity index (χ4n) is 3.59. The molecule has 25 heavy (non-hydrogen) atoms. The number of carbonyl (C=O) groups is 1. The van der Waals surface area contributed by atoms with Crippen LogP contribution < -0.4 is 9.80 Å². The predicted octanol–water partition coefficient (Wildman–Crippen LogP) is 2.71. The highest BCUT2D eigenvalue weighted by Gasteiger charge is 2.26. The van der Waals surface area contributed by atoms with Crippen molar-refractivity contribution in [2.45, 2.75) is 19.8 Å². The molecule has 4 rings (SSSR count). The maximum atomic E-state index is 13.1. The van der Waals surface area contributed by atoms with Crippen LogP contribution in [0.3, 0.4) is 0 Å². The summed E-state index contributed by atoms with van der Waals surface area (Å²) < 4.78 is 13.1. The molecule has 2 aliphatic rings. The first-order valence-electron chi connectivity index (χ1n) is 8.75. The Balaban J connectivity index is 1.47. The molecule has 2 aromatic rings. The van der Waals surface area contributed by atoms with Crippen molar-refractivity contribution in [3.8, 4) is 0 Å². The van der Waals surface area contributed by atoms with E-state index in [2.05, 4.69) is 26.7 Å². The minimum absolute atomic E-state index is 0.154. The fourth-order valence-corrected chi connectivity index (χ4v) is 3.59. The van der Waals surface area contributed by atoms with Crippen molar-refractivity contribution in [2.24, 2.45) is 5.92 Å². The van der Waals surface area contributed by atoms with E-state index in [-0.39, 0.29) is 11.6 Å². The molecule has 1 aliphatic carbocycles. The third-order valence-electron chi connectivity index (χ3n) is 4.99. The van der Waals surface area contributed by atoms with Crippen molar-refractivity contribution in [3.05, 3.63) is 47.5 Å². The maximum absolute atomic E-state index is 13.1. The zero-order valence-corrected chi connectivity index (χ0v) is 14.3. The molecule has 0 spiro atoms. The van der Waals surface area contributed by atoms with Crippen LogP contribution in [0.5, 0.6) is 0 Å². The molecule has 0 radical (unpaired) electrons. The Morgan fingerprint density at radius 2 is 1.72 bits per heavy atom. The number of benzene rings is 1. The largest absolute Gasteiger partial charge is 0.368 e. The summed E-state index contributed by atoms with van der Waals surface area (Å²) in [7, 11) is 0. The first kappa shape index (κ1) is 16.0. The summed E-state index contributed by atoms with van der Waals surface area (Å²) in [5.74, 6) is 0.993. The lowest BCUT2D eigenvalue weighted by Crippen LogP contribution is -2.47. The first-order valence-corrected chi connectivity index (χ1v) is 8.75. The van der Waals surface area contributed by atoms with Gasteiger partial charge in [0.05, 0.1) is 11.3 Å². The standard InChI is InChI=1S/C19H21FN4O/c1-13-10-17-16(18(25)11-13)12-21-19(22-17)24-8-6-23(7-9-24)15-4-2-14(20)3-5-15/h2-5,12-13H,6-11H2,1H3. The lowest BCUT2D eigenvalue weighted by Gasteiger charge is -2.36. The molecule has 1 unspecified atom stereocenters. The van der Waals surface area contributed by atoms with E-state index in [1.807, 2.05) is 12.1 Å². The molecule has 1 aliphatic heterocycles. The van der Waals surface area contributed by atoms with Gasteiger partial charge in [0.15, 0.2) is 5.78 Å². The van der Waals surface area contributed by atoms with Crippen molar-refractivity contribution in [2.75, 3.05) is 36.0 Å². The van der Waals surface area contributed by atoms with Gasteiger partial charge in [-0.15, -0.1) is 0 Å². The number of nitrogens with zero attached hydrogens (tertiary/aromatic N) is 4. The van der Waals surface area contributed by atoms with Gasteiger partial charge in [0.1, 0.15) is 5.82 Å². The molecular weight excluding hydrogens is 319 g/mol. The number of hydrogen-bond acceptors (Lipinski definition) is 5. The number of rotatable bonds is 2. The summed E-state index contributed by atoms with van der Waals surface area (Å²) >= 11 is 0. The molecule has 1 aromatic heterocycles. The Labute approximate surface area is 146 Å². The van der Waals surface area contributed by atoms with Crippen LogP contribution in [0, 0.1) is 11.7 Å². The van der Waals surface area contributed by atoms with E-state index in [0.717, 1.165) is 44.0 Å². The van der Waals surface area contributed by atoms with Crippen molar-refractivity contribution >= 4 is 17.4 Å². The number of ketones is 1. The molecular formula is C19H21FN4O. The quantitative estimate of drug-likeness (QED) is 0.841. The van der Waals surface area contributed by atoms with Crippen LogP contribution in [0.2, 0.25) is 0 Å². The van der Waals surface area contributed by atoms with Gasteiger partial charge in [-0.05, 0) is 36.6 Å². The maximum Gasteiger partial charge on any atom is 0.225 e. The smallest absolute Gasteiger partial charge is 0.225 e. The first-order chi connectivity index (χ1) is 12.1. The molecule has 2 heterocycles. The van der Waals surface area contributed by atoms with Gasteiger partial charge in [-0.3, -0.25) is 4.79 Å². The van der Waals surface area contributed by atoms with E-state index in [9.17, 15) is 9.18 Å². The minimum Gasteiger partial charge on any atom is -0.368 e. The second-order valence-electron chi connectivity index (χ2n) is 6.92.